The molecular formula is C12H26N2. The number of rotatable bonds is 5. The first kappa shape index (κ1) is 12.0. The molecule has 1 heterocycles. The van der Waals surface area contributed by atoms with Crippen LogP contribution in [0.3, 0.4) is 0 Å². The van der Waals surface area contributed by atoms with Crippen LogP contribution >= 0.6 is 0 Å². The summed E-state index contributed by atoms with van der Waals surface area (Å²) in [6.07, 6.45) is 7.87. The van der Waals surface area contributed by atoms with Gasteiger partial charge >= 0.3 is 0 Å². The normalized spacial score (nSPS) is 29.4. The average Bonchev–Trinajstić information content (AvgIpc) is 2.15. The molecule has 2 N–H and O–H groups in total. The van der Waals surface area contributed by atoms with Gasteiger partial charge in [-0.05, 0) is 39.3 Å². The van der Waals surface area contributed by atoms with E-state index >= 15 is 0 Å². The summed E-state index contributed by atoms with van der Waals surface area (Å²) in [7, 11) is 0. The van der Waals surface area contributed by atoms with Crippen LogP contribution in [0.5, 0.6) is 0 Å². The largest absolute Gasteiger partial charge is 0.328 e. The molecule has 0 saturated carbocycles. The van der Waals surface area contributed by atoms with Crippen LogP contribution in [0.15, 0.2) is 0 Å². The number of likely N-dealkylation sites (tertiary alicyclic amines) is 1. The molecule has 2 atom stereocenters. The summed E-state index contributed by atoms with van der Waals surface area (Å²) in [6, 6.07) is 1.16. The molecule has 1 aliphatic rings. The van der Waals surface area contributed by atoms with E-state index in [-0.39, 0.29) is 0 Å². The van der Waals surface area contributed by atoms with Gasteiger partial charge in [-0.1, -0.05) is 26.2 Å². The van der Waals surface area contributed by atoms with Gasteiger partial charge in [0.2, 0.25) is 0 Å². The zero-order valence-electron chi connectivity index (χ0n) is 9.84. The minimum Gasteiger partial charge on any atom is -0.328 e. The van der Waals surface area contributed by atoms with Crippen molar-refractivity contribution in [1.82, 2.24) is 4.90 Å². The Morgan fingerprint density at radius 1 is 1.29 bits per heavy atom. The molecule has 0 spiro atoms. The lowest BCUT2D eigenvalue weighted by molar-refractivity contribution is 0.145. The third kappa shape index (κ3) is 3.97. The second-order valence-corrected chi connectivity index (χ2v) is 4.73. The smallest absolute Gasteiger partial charge is 0.00816 e. The Morgan fingerprint density at radius 3 is 2.71 bits per heavy atom. The van der Waals surface area contributed by atoms with Gasteiger partial charge in [0.05, 0.1) is 0 Å². The standard InChI is InChI=1S/C12H26N2/c1-3-4-5-6-8-14-9-7-12(13)10-11(14)2/h11-12H,3-10,13H2,1-2H3. The highest BCUT2D eigenvalue weighted by Crippen LogP contribution is 2.16. The molecule has 1 aliphatic heterocycles. The maximum atomic E-state index is 5.94. The van der Waals surface area contributed by atoms with Crippen molar-refractivity contribution in [2.24, 2.45) is 5.73 Å². The highest BCUT2D eigenvalue weighted by atomic mass is 15.2. The molecule has 1 fully saturated rings. The molecule has 2 heteroatoms. The van der Waals surface area contributed by atoms with Crippen LogP contribution in [-0.4, -0.2) is 30.1 Å². The molecule has 1 saturated heterocycles. The number of unbranched alkanes of at least 4 members (excludes halogenated alkanes) is 3. The third-order valence-corrected chi connectivity index (χ3v) is 3.35. The monoisotopic (exact) mass is 198 g/mol. The first-order chi connectivity index (χ1) is 6.74. The highest BCUT2D eigenvalue weighted by Gasteiger charge is 2.22. The topological polar surface area (TPSA) is 29.3 Å². The van der Waals surface area contributed by atoms with Gasteiger partial charge in [0.1, 0.15) is 0 Å². The molecule has 0 aromatic heterocycles. The Labute approximate surface area is 88.8 Å². The summed E-state index contributed by atoms with van der Waals surface area (Å²) in [5, 5.41) is 0. The van der Waals surface area contributed by atoms with E-state index in [9.17, 15) is 0 Å². The van der Waals surface area contributed by atoms with E-state index < -0.39 is 0 Å². The van der Waals surface area contributed by atoms with Crippen molar-refractivity contribution < 1.29 is 0 Å². The third-order valence-electron chi connectivity index (χ3n) is 3.35. The summed E-state index contributed by atoms with van der Waals surface area (Å²) in [5.74, 6) is 0. The predicted molar refractivity (Wildman–Crippen MR) is 62.4 cm³/mol. The maximum Gasteiger partial charge on any atom is 0.00816 e. The van der Waals surface area contributed by atoms with Gasteiger partial charge in [-0.2, -0.15) is 0 Å². The molecule has 2 unspecified atom stereocenters. The molecule has 0 aromatic rings. The van der Waals surface area contributed by atoms with Crippen molar-refractivity contribution in [3.63, 3.8) is 0 Å². The number of hydrogen-bond acceptors (Lipinski definition) is 2. The van der Waals surface area contributed by atoms with Gasteiger partial charge in [0, 0.05) is 12.1 Å². The predicted octanol–water partition coefficient (Wildman–Crippen LogP) is 2.38. The molecule has 84 valence electrons. The highest BCUT2D eigenvalue weighted by molar-refractivity contribution is 4.80. The molecule has 0 bridgehead atoms. The van der Waals surface area contributed by atoms with Crippen molar-refractivity contribution in [3.05, 3.63) is 0 Å². The Hall–Kier alpha value is -0.0800. The second kappa shape index (κ2) is 6.41. The van der Waals surface area contributed by atoms with E-state index in [0.717, 1.165) is 0 Å². The Balaban J connectivity index is 2.11. The lowest BCUT2D eigenvalue weighted by Gasteiger charge is -2.36. The average molecular weight is 198 g/mol. The fourth-order valence-electron chi connectivity index (χ4n) is 2.33. The van der Waals surface area contributed by atoms with Gasteiger partial charge in [0.25, 0.3) is 0 Å². The summed E-state index contributed by atoms with van der Waals surface area (Å²) in [4.78, 5) is 2.61. The number of hydrogen-bond donors (Lipinski definition) is 1. The number of piperidine rings is 1. The molecule has 1 rings (SSSR count). The van der Waals surface area contributed by atoms with Gasteiger partial charge in [-0.25, -0.2) is 0 Å². The van der Waals surface area contributed by atoms with Crippen LogP contribution in [0, 0.1) is 0 Å². The summed E-state index contributed by atoms with van der Waals surface area (Å²) >= 11 is 0. The van der Waals surface area contributed by atoms with Crippen LogP contribution in [0.2, 0.25) is 0 Å². The molecule has 2 nitrogen and oxygen atoms in total. The fourth-order valence-corrected chi connectivity index (χ4v) is 2.33. The van der Waals surface area contributed by atoms with Crippen molar-refractivity contribution in [2.75, 3.05) is 13.1 Å². The van der Waals surface area contributed by atoms with E-state index in [0.29, 0.717) is 12.1 Å². The Morgan fingerprint density at radius 2 is 2.07 bits per heavy atom. The molecule has 0 amide bonds. The van der Waals surface area contributed by atoms with E-state index in [1.807, 2.05) is 0 Å². The fraction of sp³-hybridized carbons (Fsp3) is 1.00. The van der Waals surface area contributed by atoms with Crippen LogP contribution in [0.4, 0.5) is 0 Å². The second-order valence-electron chi connectivity index (χ2n) is 4.73. The van der Waals surface area contributed by atoms with E-state index in [2.05, 4.69) is 18.7 Å². The quantitative estimate of drug-likeness (QED) is 0.687. The van der Waals surface area contributed by atoms with Gasteiger partial charge < -0.3 is 10.6 Å². The van der Waals surface area contributed by atoms with Crippen molar-refractivity contribution >= 4 is 0 Å². The van der Waals surface area contributed by atoms with Gasteiger partial charge in [0.15, 0.2) is 0 Å². The van der Waals surface area contributed by atoms with E-state index in [1.54, 1.807) is 0 Å². The minimum absolute atomic E-state index is 0.455. The minimum atomic E-state index is 0.455. The first-order valence-corrected chi connectivity index (χ1v) is 6.23. The van der Waals surface area contributed by atoms with Crippen LogP contribution in [-0.2, 0) is 0 Å². The first-order valence-electron chi connectivity index (χ1n) is 6.23. The molecule has 0 radical (unpaired) electrons. The Bertz CT molecular complexity index is 147. The summed E-state index contributed by atoms with van der Waals surface area (Å²) < 4.78 is 0. The molecule has 0 aromatic carbocycles. The molecule has 14 heavy (non-hydrogen) atoms. The van der Waals surface area contributed by atoms with Crippen molar-refractivity contribution in [2.45, 2.75) is 64.5 Å². The van der Waals surface area contributed by atoms with Crippen LogP contribution in [0.25, 0.3) is 0 Å². The zero-order valence-corrected chi connectivity index (χ0v) is 9.84. The summed E-state index contributed by atoms with van der Waals surface area (Å²) in [6.45, 7) is 7.09. The SMILES string of the molecule is CCCCCCN1CCC(N)CC1C. The van der Waals surface area contributed by atoms with Gasteiger partial charge in [-0.3, -0.25) is 0 Å². The lowest BCUT2D eigenvalue weighted by atomic mass is 9.99. The summed E-state index contributed by atoms with van der Waals surface area (Å²) in [5.41, 5.74) is 5.94. The van der Waals surface area contributed by atoms with E-state index in [1.165, 1.54) is 51.6 Å². The van der Waals surface area contributed by atoms with Gasteiger partial charge in [-0.15, -0.1) is 0 Å². The molecule has 0 aliphatic carbocycles. The van der Waals surface area contributed by atoms with E-state index in [4.69, 9.17) is 5.73 Å². The van der Waals surface area contributed by atoms with Crippen molar-refractivity contribution in [1.29, 1.82) is 0 Å². The molecular weight excluding hydrogens is 172 g/mol. The Kier molecular flexibility index (Phi) is 5.49. The number of nitrogens with zero attached hydrogens (tertiary/aromatic N) is 1. The number of nitrogens with two attached hydrogens (primary N) is 1. The van der Waals surface area contributed by atoms with Crippen LogP contribution < -0.4 is 5.73 Å². The zero-order chi connectivity index (χ0) is 10.4. The van der Waals surface area contributed by atoms with Crippen LogP contribution in [0.1, 0.15) is 52.4 Å². The lowest BCUT2D eigenvalue weighted by Crippen LogP contribution is -2.45. The van der Waals surface area contributed by atoms with Crippen molar-refractivity contribution in [3.8, 4) is 0 Å². The maximum absolute atomic E-state index is 5.94.